The summed E-state index contributed by atoms with van der Waals surface area (Å²) < 4.78 is 4.82. The summed E-state index contributed by atoms with van der Waals surface area (Å²) in [5.41, 5.74) is 0. The molecule has 12 heavy (non-hydrogen) atoms. The maximum absolute atomic E-state index is 10.7. The first kappa shape index (κ1) is 11.1. The molecule has 0 rings (SSSR count). The summed E-state index contributed by atoms with van der Waals surface area (Å²) in [6.07, 6.45) is 0.990. The van der Waals surface area contributed by atoms with E-state index >= 15 is 0 Å². The van der Waals surface area contributed by atoms with Gasteiger partial charge in [-0.2, -0.15) is 0 Å². The number of carbonyl (C=O) groups is 1. The number of rotatable bonds is 4. The fraction of sp³-hybridized carbons (Fsp3) is 0.625. The Morgan fingerprint density at radius 2 is 2.17 bits per heavy atom. The van der Waals surface area contributed by atoms with Gasteiger partial charge >= 0.3 is 5.97 Å². The van der Waals surface area contributed by atoms with Gasteiger partial charge in [0.1, 0.15) is 0 Å². The van der Waals surface area contributed by atoms with Crippen LogP contribution in [0.1, 0.15) is 0 Å². The molecule has 0 aromatic heterocycles. The summed E-state index contributed by atoms with van der Waals surface area (Å²) in [7, 11) is -1.11. The van der Waals surface area contributed by atoms with Gasteiger partial charge in [0, 0.05) is 8.07 Å². The van der Waals surface area contributed by atoms with Crippen molar-refractivity contribution in [2.24, 2.45) is 0 Å². The normalized spacial score (nSPS) is 10.2. The van der Waals surface area contributed by atoms with Crippen LogP contribution in [0, 0.1) is 5.41 Å². The van der Waals surface area contributed by atoms with Crippen molar-refractivity contribution in [2.75, 3.05) is 6.61 Å². The predicted octanol–water partition coefficient (Wildman–Crippen LogP) is 1.67. The molecule has 0 aliphatic heterocycles. The second-order valence-corrected chi connectivity index (χ2v) is 9.39. The van der Waals surface area contributed by atoms with Gasteiger partial charge in [-0.05, 0) is 11.9 Å². The third-order valence-corrected chi connectivity index (χ3v) is 2.99. The van der Waals surface area contributed by atoms with Crippen LogP contribution >= 0.6 is 0 Å². The number of hydrogen-bond acceptors (Lipinski definition) is 3. The molecule has 0 fully saturated rings. The largest absolute Gasteiger partial charge is 0.462 e. The first-order valence-corrected chi connectivity index (χ1v) is 7.58. The minimum atomic E-state index is -1.11. The molecule has 0 spiro atoms. The fourth-order valence-electron chi connectivity index (χ4n) is 0.558. The molecule has 0 saturated carbocycles. The summed E-state index contributed by atoms with van der Waals surface area (Å²) >= 11 is 0. The average molecular weight is 185 g/mol. The molecule has 0 atom stereocenters. The van der Waals surface area contributed by atoms with Crippen molar-refractivity contribution >= 4 is 19.9 Å². The summed E-state index contributed by atoms with van der Waals surface area (Å²) in [5, 5.41) is 6.49. The molecular weight excluding hydrogens is 170 g/mol. The van der Waals surface area contributed by atoms with Gasteiger partial charge in [-0.3, -0.25) is 5.41 Å². The third kappa shape index (κ3) is 7.25. The zero-order valence-electron chi connectivity index (χ0n) is 7.81. The van der Waals surface area contributed by atoms with Gasteiger partial charge in [0.2, 0.25) is 0 Å². The second kappa shape index (κ2) is 4.90. The first-order valence-electron chi connectivity index (χ1n) is 3.88. The van der Waals surface area contributed by atoms with Crippen LogP contribution < -0.4 is 0 Å². The number of carbonyl (C=O) groups excluding carboxylic acids is 1. The van der Waals surface area contributed by atoms with Crippen molar-refractivity contribution in [3.63, 3.8) is 0 Å². The molecule has 0 radical (unpaired) electrons. The van der Waals surface area contributed by atoms with Gasteiger partial charge in [-0.15, -0.1) is 0 Å². The van der Waals surface area contributed by atoms with E-state index in [0.29, 0.717) is 6.61 Å². The lowest BCUT2D eigenvalue weighted by molar-refractivity contribution is -0.137. The molecule has 4 heteroatoms. The smallest absolute Gasteiger partial charge is 0.340 e. The molecule has 68 valence electrons. The Hall–Kier alpha value is -0.863. The van der Waals surface area contributed by atoms with E-state index in [9.17, 15) is 4.79 Å². The second-order valence-electron chi connectivity index (χ2n) is 3.77. The van der Waals surface area contributed by atoms with Crippen LogP contribution in [0.25, 0.3) is 0 Å². The van der Waals surface area contributed by atoms with Crippen molar-refractivity contribution in [1.29, 1.82) is 5.41 Å². The minimum Gasteiger partial charge on any atom is -0.462 e. The van der Waals surface area contributed by atoms with Gasteiger partial charge in [-0.1, -0.05) is 19.6 Å². The molecule has 0 amide bonds. The Morgan fingerprint density at radius 1 is 1.58 bits per heavy atom. The Kier molecular flexibility index (Phi) is 4.55. The molecular formula is C8H15NO2Si. The number of ether oxygens (including phenoxy) is 1. The highest BCUT2D eigenvalue weighted by Gasteiger charge is 2.12. The van der Waals surface area contributed by atoms with Crippen LogP contribution in [0.5, 0.6) is 0 Å². The van der Waals surface area contributed by atoms with Gasteiger partial charge in [0.05, 0.1) is 12.7 Å². The lowest BCUT2D eigenvalue weighted by Gasteiger charge is -2.14. The molecule has 0 aromatic carbocycles. The zero-order valence-corrected chi connectivity index (χ0v) is 8.81. The quantitative estimate of drug-likeness (QED) is 0.313. The highest BCUT2D eigenvalue weighted by Crippen LogP contribution is 2.07. The third-order valence-electron chi connectivity index (χ3n) is 1.29. The van der Waals surface area contributed by atoms with Crippen molar-refractivity contribution in [1.82, 2.24) is 0 Å². The summed E-state index contributed by atoms with van der Waals surface area (Å²) in [4.78, 5) is 10.7. The summed E-state index contributed by atoms with van der Waals surface area (Å²) in [6.45, 7) is 7.11. The number of nitrogens with one attached hydrogen (secondary N) is 1. The highest BCUT2D eigenvalue weighted by atomic mass is 28.3. The van der Waals surface area contributed by atoms with Crippen LogP contribution in [0.15, 0.2) is 6.08 Å². The van der Waals surface area contributed by atoms with Crippen LogP contribution in [0.3, 0.4) is 0 Å². The predicted molar refractivity (Wildman–Crippen MR) is 51.4 cm³/mol. The molecule has 0 bridgehead atoms. The van der Waals surface area contributed by atoms with E-state index in [1.54, 1.807) is 0 Å². The topological polar surface area (TPSA) is 50.2 Å². The van der Waals surface area contributed by atoms with Crippen LogP contribution in [-0.4, -0.2) is 26.5 Å². The maximum atomic E-state index is 10.7. The maximum Gasteiger partial charge on any atom is 0.340 e. The SMILES string of the molecule is C[Si](C)(C)CCOC(=O)C=C=N. The summed E-state index contributed by atoms with van der Waals surface area (Å²) in [5.74, 6) is 1.41. The van der Waals surface area contributed by atoms with Gasteiger partial charge in [-0.25, -0.2) is 4.79 Å². The monoisotopic (exact) mass is 185 g/mol. The van der Waals surface area contributed by atoms with Crippen molar-refractivity contribution < 1.29 is 9.53 Å². The fourth-order valence-corrected chi connectivity index (χ4v) is 1.27. The van der Waals surface area contributed by atoms with Crippen molar-refractivity contribution in [3.05, 3.63) is 6.08 Å². The molecule has 3 nitrogen and oxygen atoms in total. The molecule has 0 heterocycles. The van der Waals surface area contributed by atoms with Gasteiger partial charge < -0.3 is 4.74 Å². The van der Waals surface area contributed by atoms with E-state index in [2.05, 4.69) is 19.6 Å². The van der Waals surface area contributed by atoms with E-state index in [0.717, 1.165) is 12.1 Å². The average Bonchev–Trinajstić information content (AvgIpc) is 1.84. The van der Waals surface area contributed by atoms with Gasteiger partial charge in [0.15, 0.2) is 0 Å². The van der Waals surface area contributed by atoms with E-state index in [4.69, 9.17) is 10.1 Å². The number of esters is 1. The van der Waals surface area contributed by atoms with Crippen LogP contribution in [-0.2, 0) is 9.53 Å². The standard InChI is InChI=1S/C8H15NO2Si/c1-12(2,3)7-6-11-8(10)4-5-9/h4,9H,6-7H2,1-3H3. The zero-order chi connectivity index (χ0) is 9.61. The first-order chi connectivity index (χ1) is 5.45. The highest BCUT2D eigenvalue weighted by molar-refractivity contribution is 6.76. The minimum absolute atomic E-state index is 0.465. The van der Waals surface area contributed by atoms with Crippen molar-refractivity contribution in [3.8, 4) is 0 Å². The molecule has 0 aromatic rings. The summed E-state index contributed by atoms with van der Waals surface area (Å²) in [6, 6.07) is 0.963. The van der Waals surface area contributed by atoms with E-state index in [1.165, 1.54) is 0 Å². The Labute approximate surface area is 73.9 Å². The van der Waals surface area contributed by atoms with E-state index < -0.39 is 14.0 Å². The van der Waals surface area contributed by atoms with Crippen LogP contribution in [0.2, 0.25) is 25.7 Å². The Morgan fingerprint density at radius 3 is 2.58 bits per heavy atom. The Bertz CT molecular complexity index is 202. The van der Waals surface area contributed by atoms with Gasteiger partial charge in [0.25, 0.3) is 0 Å². The lowest BCUT2D eigenvalue weighted by atomic mass is 10.6. The molecule has 0 unspecified atom stereocenters. The van der Waals surface area contributed by atoms with E-state index in [-0.39, 0.29) is 0 Å². The van der Waals surface area contributed by atoms with E-state index in [1.807, 2.05) is 5.87 Å². The van der Waals surface area contributed by atoms with Crippen molar-refractivity contribution in [2.45, 2.75) is 25.7 Å². The lowest BCUT2D eigenvalue weighted by Crippen LogP contribution is -2.22. The van der Waals surface area contributed by atoms with Crippen LogP contribution in [0.4, 0.5) is 0 Å². The molecule has 0 aliphatic rings. The number of hydrogen-bond donors (Lipinski definition) is 1. The molecule has 0 saturated heterocycles. The Balaban J connectivity index is 3.57. The molecule has 0 aliphatic carbocycles. The molecule has 1 N–H and O–H groups in total.